The van der Waals surface area contributed by atoms with Gasteiger partial charge in [0.05, 0.1) is 5.01 Å². The quantitative estimate of drug-likeness (QED) is 0.806. The van der Waals surface area contributed by atoms with Crippen LogP contribution in [0.4, 0.5) is 0 Å². The second-order valence-electron chi connectivity index (χ2n) is 5.55. The van der Waals surface area contributed by atoms with Crippen molar-refractivity contribution in [2.75, 3.05) is 0 Å². The van der Waals surface area contributed by atoms with Crippen LogP contribution >= 0.6 is 11.3 Å². The van der Waals surface area contributed by atoms with Gasteiger partial charge in [0.15, 0.2) is 0 Å². The van der Waals surface area contributed by atoms with Crippen molar-refractivity contribution in [2.45, 2.75) is 46.2 Å². The zero-order valence-corrected chi connectivity index (χ0v) is 13.4. The first-order valence-corrected chi connectivity index (χ1v) is 8.22. The maximum absolute atomic E-state index is 4.42. The number of benzene rings is 1. The molecule has 2 aromatic rings. The molecule has 1 aromatic carbocycles. The van der Waals surface area contributed by atoms with Crippen molar-refractivity contribution in [1.29, 1.82) is 0 Å². The normalized spacial score (nSPS) is 12.8. The number of nitrogens with one attached hydrogen (secondary N) is 1. The summed E-state index contributed by atoms with van der Waals surface area (Å²) in [5.41, 5.74) is 1.38. The van der Waals surface area contributed by atoms with E-state index in [0.29, 0.717) is 12.0 Å². The van der Waals surface area contributed by atoms with Crippen molar-refractivity contribution in [2.24, 2.45) is 5.92 Å². The van der Waals surface area contributed by atoms with E-state index in [-0.39, 0.29) is 0 Å². The Hall–Kier alpha value is -1.19. The van der Waals surface area contributed by atoms with E-state index in [4.69, 9.17) is 0 Å². The number of rotatable bonds is 7. The molecule has 0 radical (unpaired) electrons. The summed E-state index contributed by atoms with van der Waals surface area (Å²) in [4.78, 5) is 5.75. The Morgan fingerprint density at radius 3 is 2.55 bits per heavy atom. The Morgan fingerprint density at radius 2 is 1.95 bits per heavy atom. The number of nitrogens with zero attached hydrogens (tertiary/aromatic N) is 1. The molecule has 1 N–H and O–H groups in total. The molecule has 20 heavy (non-hydrogen) atoms. The molecule has 1 unspecified atom stereocenters. The topological polar surface area (TPSA) is 24.9 Å². The first-order valence-electron chi connectivity index (χ1n) is 7.41. The Balaban J connectivity index is 2.01. The molecule has 0 saturated heterocycles. The monoisotopic (exact) mass is 288 g/mol. The lowest BCUT2D eigenvalue weighted by atomic mass is 9.97. The lowest BCUT2D eigenvalue weighted by Gasteiger charge is -2.20. The van der Waals surface area contributed by atoms with Gasteiger partial charge in [-0.05, 0) is 24.3 Å². The molecule has 1 aromatic heterocycles. The van der Waals surface area contributed by atoms with Crippen LogP contribution in [0, 0.1) is 5.92 Å². The third-order valence-corrected chi connectivity index (χ3v) is 4.48. The number of thiazole rings is 1. The van der Waals surface area contributed by atoms with Crippen LogP contribution in [-0.4, -0.2) is 4.98 Å². The van der Waals surface area contributed by atoms with Gasteiger partial charge in [-0.3, -0.25) is 0 Å². The predicted octanol–water partition coefficient (Wildman–Crippen LogP) is 4.58. The van der Waals surface area contributed by atoms with Gasteiger partial charge in [0.2, 0.25) is 0 Å². The van der Waals surface area contributed by atoms with E-state index in [9.17, 15) is 0 Å². The maximum Gasteiger partial charge on any atom is 0.0925 e. The van der Waals surface area contributed by atoms with Crippen molar-refractivity contribution in [1.82, 2.24) is 10.3 Å². The van der Waals surface area contributed by atoms with Crippen LogP contribution in [0.3, 0.4) is 0 Å². The molecule has 0 fully saturated rings. The van der Waals surface area contributed by atoms with Crippen LogP contribution in [0.2, 0.25) is 0 Å². The number of hydrogen-bond acceptors (Lipinski definition) is 3. The Morgan fingerprint density at radius 1 is 1.20 bits per heavy atom. The van der Waals surface area contributed by atoms with E-state index >= 15 is 0 Å². The van der Waals surface area contributed by atoms with Crippen molar-refractivity contribution in [3.8, 4) is 0 Å². The van der Waals surface area contributed by atoms with Crippen LogP contribution in [0.25, 0.3) is 0 Å². The maximum atomic E-state index is 4.42. The first-order chi connectivity index (χ1) is 9.69. The van der Waals surface area contributed by atoms with Crippen molar-refractivity contribution < 1.29 is 0 Å². The van der Waals surface area contributed by atoms with Gasteiger partial charge in [0, 0.05) is 23.7 Å². The molecule has 3 heteroatoms. The zero-order chi connectivity index (χ0) is 14.4. The summed E-state index contributed by atoms with van der Waals surface area (Å²) in [5, 5.41) is 4.92. The van der Waals surface area contributed by atoms with Crippen LogP contribution in [-0.2, 0) is 13.0 Å². The van der Waals surface area contributed by atoms with Gasteiger partial charge in [0.25, 0.3) is 0 Å². The van der Waals surface area contributed by atoms with E-state index < -0.39 is 0 Å². The minimum absolute atomic E-state index is 0.420. The summed E-state index contributed by atoms with van der Waals surface area (Å²) in [7, 11) is 0. The van der Waals surface area contributed by atoms with Crippen molar-refractivity contribution in [3.63, 3.8) is 0 Å². The molecule has 0 spiro atoms. The number of aryl methyl sites for hydroxylation is 1. The van der Waals surface area contributed by atoms with E-state index in [0.717, 1.165) is 19.4 Å². The van der Waals surface area contributed by atoms with Crippen LogP contribution in [0.15, 0.2) is 36.5 Å². The average Bonchev–Trinajstić information content (AvgIpc) is 2.92. The molecule has 0 saturated carbocycles. The summed E-state index contributed by atoms with van der Waals surface area (Å²) >= 11 is 1.82. The third kappa shape index (κ3) is 4.43. The Kier molecular flexibility index (Phi) is 5.74. The predicted molar refractivity (Wildman–Crippen MR) is 87.0 cm³/mol. The lowest BCUT2D eigenvalue weighted by Crippen LogP contribution is -2.22. The van der Waals surface area contributed by atoms with Gasteiger partial charge in [-0.2, -0.15) is 0 Å². The van der Waals surface area contributed by atoms with Crippen LogP contribution in [0.5, 0.6) is 0 Å². The summed E-state index contributed by atoms with van der Waals surface area (Å²) in [6.45, 7) is 7.62. The molecular weight excluding hydrogens is 264 g/mol. The molecule has 0 aliphatic rings. The van der Waals surface area contributed by atoms with Gasteiger partial charge in [-0.1, -0.05) is 51.1 Å². The largest absolute Gasteiger partial charge is 0.305 e. The molecule has 0 bridgehead atoms. The van der Waals surface area contributed by atoms with Crippen molar-refractivity contribution >= 4 is 11.3 Å². The van der Waals surface area contributed by atoms with Crippen molar-refractivity contribution in [3.05, 3.63) is 52.0 Å². The fourth-order valence-corrected chi connectivity index (χ4v) is 3.12. The first kappa shape index (κ1) is 15.2. The molecule has 1 heterocycles. The fourth-order valence-electron chi connectivity index (χ4n) is 2.31. The van der Waals surface area contributed by atoms with Gasteiger partial charge in [-0.25, -0.2) is 4.98 Å². The van der Waals surface area contributed by atoms with E-state index in [2.05, 4.69) is 61.4 Å². The van der Waals surface area contributed by atoms with Crippen LogP contribution in [0.1, 0.15) is 48.7 Å². The third-order valence-electron chi connectivity index (χ3n) is 3.34. The second-order valence-corrected chi connectivity index (χ2v) is 6.75. The molecule has 108 valence electrons. The minimum atomic E-state index is 0.420. The van der Waals surface area contributed by atoms with E-state index in [1.807, 2.05) is 17.5 Å². The summed E-state index contributed by atoms with van der Waals surface area (Å²) in [5.74, 6) is 0.681. The Bertz CT molecular complexity index is 505. The van der Waals surface area contributed by atoms with Gasteiger partial charge in [0.1, 0.15) is 0 Å². The highest BCUT2D eigenvalue weighted by Gasteiger charge is 2.13. The highest BCUT2D eigenvalue weighted by Crippen LogP contribution is 2.22. The summed E-state index contributed by atoms with van der Waals surface area (Å²) < 4.78 is 0. The molecule has 1 atom stereocenters. The van der Waals surface area contributed by atoms with E-state index in [1.54, 1.807) is 0 Å². The zero-order valence-electron chi connectivity index (χ0n) is 12.6. The average molecular weight is 288 g/mol. The van der Waals surface area contributed by atoms with Gasteiger partial charge >= 0.3 is 0 Å². The van der Waals surface area contributed by atoms with Gasteiger partial charge < -0.3 is 5.32 Å². The van der Waals surface area contributed by atoms with E-state index in [1.165, 1.54) is 15.4 Å². The second kappa shape index (κ2) is 7.55. The standard InChI is InChI=1S/C17H24N2S/c1-4-17-19-12-15(20-17)11-18-16(10-13(2)3)14-8-6-5-7-9-14/h5-9,12-13,16,18H,4,10-11H2,1-3H3. The summed E-state index contributed by atoms with van der Waals surface area (Å²) in [6, 6.07) is 11.2. The fraction of sp³-hybridized carbons (Fsp3) is 0.471. The summed E-state index contributed by atoms with van der Waals surface area (Å²) in [6.07, 6.45) is 4.19. The van der Waals surface area contributed by atoms with Crippen LogP contribution < -0.4 is 5.32 Å². The molecule has 0 aliphatic carbocycles. The minimum Gasteiger partial charge on any atom is -0.305 e. The molecular formula is C17H24N2S. The molecule has 0 aliphatic heterocycles. The smallest absolute Gasteiger partial charge is 0.0925 e. The molecule has 2 rings (SSSR count). The SMILES string of the molecule is CCc1ncc(CNC(CC(C)C)c2ccccc2)s1. The Labute approximate surface area is 126 Å². The molecule has 2 nitrogen and oxygen atoms in total. The molecule has 0 amide bonds. The number of aromatic nitrogens is 1. The lowest BCUT2D eigenvalue weighted by molar-refractivity contribution is 0.430. The number of hydrogen-bond donors (Lipinski definition) is 1. The highest BCUT2D eigenvalue weighted by molar-refractivity contribution is 7.11. The van der Waals surface area contributed by atoms with Gasteiger partial charge in [-0.15, -0.1) is 11.3 Å². The highest BCUT2D eigenvalue weighted by atomic mass is 32.1.